The molecule has 2 fully saturated rings. The molecule has 0 bridgehead atoms. The van der Waals surface area contributed by atoms with Crippen molar-refractivity contribution in [3.8, 4) is 5.75 Å². The van der Waals surface area contributed by atoms with Gasteiger partial charge in [0.15, 0.2) is 5.82 Å². The Bertz CT molecular complexity index is 800. The highest BCUT2D eigenvalue weighted by molar-refractivity contribution is 7.85. The van der Waals surface area contributed by atoms with Gasteiger partial charge in [0.2, 0.25) is 11.2 Å². The first kappa shape index (κ1) is 19.6. The van der Waals surface area contributed by atoms with Gasteiger partial charge in [0.1, 0.15) is 18.0 Å². The van der Waals surface area contributed by atoms with E-state index in [1.54, 1.807) is 0 Å². The van der Waals surface area contributed by atoms with Crippen LogP contribution in [0.4, 0.5) is 10.1 Å². The second-order valence-electron chi connectivity index (χ2n) is 7.96. The van der Waals surface area contributed by atoms with Crippen molar-refractivity contribution in [2.24, 2.45) is 5.92 Å². The lowest BCUT2D eigenvalue weighted by molar-refractivity contribution is -0.117. The number of carbonyl (C=O) groups excluding carboxylic acids is 1. The molecule has 0 aromatic heterocycles. The van der Waals surface area contributed by atoms with Crippen molar-refractivity contribution in [2.75, 3.05) is 23.9 Å². The third-order valence-corrected chi connectivity index (χ3v) is 7.18. The maximum atomic E-state index is 15.3. The third-order valence-electron chi connectivity index (χ3n) is 6.07. The number of amides is 1. The number of hydrogen-bond donors (Lipinski definition) is 3. The molecule has 2 aliphatic heterocycles. The van der Waals surface area contributed by atoms with Gasteiger partial charge in [-0.2, -0.15) is 0 Å². The number of nitrogens with zero attached hydrogens (tertiary/aromatic N) is 2. The van der Waals surface area contributed by atoms with Crippen LogP contribution in [0.2, 0.25) is 0 Å². The number of phenols is 1. The molecule has 1 aromatic rings. The van der Waals surface area contributed by atoms with Crippen LogP contribution < -0.4 is 9.03 Å². The van der Waals surface area contributed by atoms with E-state index in [1.165, 1.54) is 12.5 Å². The number of anilines is 1. The van der Waals surface area contributed by atoms with E-state index in [2.05, 4.69) is 4.72 Å². The number of nitrogens with one attached hydrogen (secondary N) is 1. The number of phenolic OH excluding ortho intramolecular Hbond substituents is 1. The van der Waals surface area contributed by atoms with Crippen LogP contribution in [0.3, 0.4) is 0 Å². The zero-order chi connectivity index (χ0) is 19.8. The largest absolute Gasteiger partial charge is 0.506 e. The van der Waals surface area contributed by atoms with E-state index in [4.69, 9.17) is 0 Å². The average Bonchev–Trinajstić information content (AvgIpc) is 3.01. The number of carbonyl (C=O) groups is 1. The van der Waals surface area contributed by atoms with E-state index in [0.29, 0.717) is 43.1 Å². The van der Waals surface area contributed by atoms with Crippen molar-refractivity contribution in [3.05, 3.63) is 23.0 Å². The van der Waals surface area contributed by atoms with Crippen LogP contribution in [0, 0.1) is 11.7 Å². The highest BCUT2D eigenvalue weighted by atomic mass is 32.2. The van der Waals surface area contributed by atoms with Gasteiger partial charge in [-0.25, -0.2) is 8.60 Å². The quantitative estimate of drug-likeness (QED) is 0.696. The molecule has 0 radical (unpaired) electrons. The lowest BCUT2D eigenvalue weighted by Crippen LogP contribution is -2.40. The Hall–Kier alpha value is -1.71. The van der Waals surface area contributed by atoms with Gasteiger partial charge in [-0.3, -0.25) is 18.7 Å². The number of fused-ring (bicyclic) bond motifs is 1. The predicted molar refractivity (Wildman–Crippen MR) is 103 cm³/mol. The molecule has 9 heteroatoms. The fraction of sp³-hybridized carbons (Fsp3) is 0.632. The first-order valence-electron chi connectivity index (χ1n) is 9.86. The molecule has 4 rings (SSSR count). The fourth-order valence-corrected chi connectivity index (χ4v) is 5.50. The number of benzene rings is 1. The Morgan fingerprint density at radius 3 is 2.71 bits per heavy atom. The van der Waals surface area contributed by atoms with E-state index in [0.717, 1.165) is 30.0 Å². The lowest BCUT2D eigenvalue weighted by Gasteiger charge is -2.34. The smallest absolute Gasteiger partial charge is 0.253 e. The molecule has 28 heavy (non-hydrogen) atoms. The van der Waals surface area contributed by atoms with Gasteiger partial charge in [-0.05, 0) is 36.8 Å². The molecule has 2 heterocycles. The standard InChI is InChI=1S/C19H26FN3O4S/c20-18-14-9-22(10-16(25)12-4-2-1-3-5-12)7-6-13(14)8-15(24)19(18)23-11-17(26)21-28(23)27/h8,12,16,24-25H,1-7,9-11H2,(H,21,26). The number of β-amino-alcohol motifs (C(OH)–C–C–N with tert-alkyl or cyclic N) is 1. The van der Waals surface area contributed by atoms with Gasteiger partial charge in [0, 0.05) is 25.2 Å². The molecule has 7 nitrogen and oxygen atoms in total. The van der Waals surface area contributed by atoms with Crippen LogP contribution in [-0.2, 0) is 28.9 Å². The summed E-state index contributed by atoms with van der Waals surface area (Å²) in [5, 5.41) is 20.9. The molecule has 1 saturated carbocycles. The lowest BCUT2D eigenvalue weighted by atomic mass is 9.85. The van der Waals surface area contributed by atoms with E-state index < -0.39 is 29.0 Å². The van der Waals surface area contributed by atoms with Crippen molar-refractivity contribution in [2.45, 2.75) is 51.2 Å². The van der Waals surface area contributed by atoms with Crippen LogP contribution in [0.1, 0.15) is 43.2 Å². The van der Waals surface area contributed by atoms with Gasteiger partial charge in [0.25, 0.3) is 5.91 Å². The number of rotatable bonds is 4. The summed E-state index contributed by atoms with van der Waals surface area (Å²) in [6, 6.07) is 1.50. The predicted octanol–water partition coefficient (Wildman–Crippen LogP) is 1.35. The zero-order valence-electron chi connectivity index (χ0n) is 15.7. The van der Waals surface area contributed by atoms with Crippen LogP contribution in [-0.4, -0.2) is 51.0 Å². The van der Waals surface area contributed by atoms with Crippen LogP contribution in [0.5, 0.6) is 5.75 Å². The molecule has 1 amide bonds. The summed E-state index contributed by atoms with van der Waals surface area (Å²) in [7, 11) is 0. The van der Waals surface area contributed by atoms with Crippen LogP contribution >= 0.6 is 0 Å². The molecule has 1 aliphatic carbocycles. The normalized spacial score (nSPS) is 24.9. The highest BCUT2D eigenvalue weighted by Gasteiger charge is 2.34. The minimum atomic E-state index is -1.90. The van der Waals surface area contributed by atoms with Gasteiger partial charge < -0.3 is 10.2 Å². The number of aliphatic hydroxyl groups is 1. The Labute approximate surface area is 166 Å². The van der Waals surface area contributed by atoms with Gasteiger partial charge in [-0.1, -0.05) is 19.3 Å². The molecule has 1 aromatic carbocycles. The average molecular weight is 411 g/mol. The Morgan fingerprint density at radius 2 is 2.04 bits per heavy atom. The first-order valence-corrected chi connectivity index (χ1v) is 11.0. The maximum Gasteiger partial charge on any atom is 0.253 e. The van der Waals surface area contributed by atoms with Crippen molar-refractivity contribution >= 4 is 22.8 Å². The molecule has 1 saturated heterocycles. The fourth-order valence-electron chi connectivity index (χ4n) is 4.55. The number of aliphatic hydroxyl groups excluding tert-OH is 1. The maximum absolute atomic E-state index is 15.3. The van der Waals surface area contributed by atoms with E-state index >= 15 is 4.39 Å². The summed E-state index contributed by atoms with van der Waals surface area (Å²) in [4.78, 5) is 13.5. The summed E-state index contributed by atoms with van der Waals surface area (Å²) in [5.41, 5.74) is 0.947. The first-order chi connectivity index (χ1) is 13.4. The van der Waals surface area contributed by atoms with Gasteiger partial charge in [0.05, 0.1) is 6.10 Å². The van der Waals surface area contributed by atoms with E-state index in [9.17, 15) is 19.2 Å². The van der Waals surface area contributed by atoms with E-state index in [1.807, 2.05) is 4.90 Å². The van der Waals surface area contributed by atoms with Crippen LogP contribution in [0.25, 0.3) is 0 Å². The van der Waals surface area contributed by atoms with Gasteiger partial charge >= 0.3 is 0 Å². The summed E-state index contributed by atoms with van der Waals surface area (Å²) in [5.74, 6) is -1.12. The SMILES string of the molecule is O=C1CN(c2c(O)cc3c(c2F)CN(CC(O)C2CCCCC2)CC3)S(=O)N1. The molecule has 2 unspecified atom stereocenters. The van der Waals surface area contributed by atoms with E-state index in [-0.39, 0.29) is 18.0 Å². The summed E-state index contributed by atoms with van der Waals surface area (Å²) >= 11 is -1.90. The van der Waals surface area contributed by atoms with Crippen LogP contribution in [0.15, 0.2) is 6.07 Å². The molecule has 0 spiro atoms. The Morgan fingerprint density at radius 1 is 1.29 bits per heavy atom. The minimum absolute atomic E-state index is 0.204. The summed E-state index contributed by atoms with van der Waals surface area (Å²) in [6.07, 6.45) is 5.77. The molecule has 2 atom stereocenters. The molecular weight excluding hydrogens is 385 g/mol. The second-order valence-corrected chi connectivity index (χ2v) is 9.10. The molecule has 3 aliphatic rings. The third kappa shape index (κ3) is 3.75. The minimum Gasteiger partial charge on any atom is -0.506 e. The molecule has 3 N–H and O–H groups in total. The highest BCUT2D eigenvalue weighted by Crippen LogP contribution is 2.38. The topological polar surface area (TPSA) is 93.1 Å². The Kier molecular flexibility index (Phi) is 5.57. The zero-order valence-corrected chi connectivity index (χ0v) is 16.5. The number of halogens is 1. The second kappa shape index (κ2) is 7.96. The molecule has 154 valence electrons. The summed E-state index contributed by atoms with van der Waals surface area (Å²) in [6.45, 7) is 1.24. The van der Waals surface area contributed by atoms with Crippen molar-refractivity contribution in [3.63, 3.8) is 0 Å². The van der Waals surface area contributed by atoms with Crippen molar-refractivity contribution in [1.29, 1.82) is 0 Å². The van der Waals surface area contributed by atoms with Gasteiger partial charge in [-0.15, -0.1) is 0 Å². The number of aromatic hydroxyl groups is 1. The monoisotopic (exact) mass is 411 g/mol. The van der Waals surface area contributed by atoms with Crippen molar-refractivity contribution in [1.82, 2.24) is 9.62 Å². The van der Waals surface area contributed by atoms with Crippen molar-refractivity contribution < 1.29 is 23.6 Å². The summed E-state index contributed by atoms with van der Waals surface area (Å²) < 4.78 is 30.5. The Balaban J connectivity index is 1.53. The molecular formula is C19H26FN3O4S. The number of hydrogen-bond acceptors (Lipinski definition) is 5.